The maximum Gasteiger partial charge on any atom is 0.202 e. The molecule has 10 heteroatoms. The summed E-state index contributed by atoms with van der Waals surface area (Å²) in [4.78, 5) is 39.5. The van der Waals surface area contributed by atoms with Gasteiger partial charge in [0.05, 0.1) is 42.1 Å². The van der Waals surface area contributed by atoms with Crippen molar-refractivity contribution in [3.05, 3.63) is 51.6 Å². The Kier molecular flexibility index (Phi) is 6.31. The first-order valence-electron chi connectivity index (χ1n) is 12.2. The van der Waals surface area contributed by atoms with E-state index in [1.807, 2.05) is 0 Å². The monoisotopic (exact) mass is 511 g/mol. The number of ether oxygens (including phenoxy) is 3. The number of nitrogens with two attached hydrogens (primary N) is 1. The molecule has 0 radical (unpaired) electrons. The van der Waals surface area contributed by atoms with E-state index in [0.29, 0.717) is 0 Å². The Morgan fingerprint density at radius 1 is 1.08 bits per heavy atom. The first-order chi connectivity index (χ1) is 17.5. The lowest BCUT2D eigenvalue weighted by molar-refractivity contribution is -0.243. The fourth-order valence-corrected chi connectivity index (χ4v) is 5.67. The molecule has 5 N–H and O–H groups in total. The highest BCUT2D eigenvalue weighted by molar-refractivity contribution is 6.31. The van der Waals surface area contributed by atoms with Gasteiger partial charge in [-0.15, -0.1) is 0 Å². The van der Waals surface area contributed by atoms with Crippen molar-refractivity contribution in [1.82, 2.24) is 0 Å². The van der Waals surface area contributed by atoms with E-state index in [2.05, 4.69) is 0 Å². The molecule has 37 heavy (non-hydrogen) atoms. The Labute approximate surface area is 212 Å². The molecule has 1 fully saturated rings. The van der Waals surface area contributed by atoms with Crippen LogP contribution in [0.3, 0.4) is 0 Å². The molecule has 1 heterocycles. The van der Waals surface area contributed by atoms with E-state index in [1.165, 1.54) is 26.2 Å². The number of methoxy groups -OCH3 is 1. The number of ketones is 3. The minimum Gasteiger partial charge on any atom is -0.507 e. The van der Waals surface area contributed by atoms with Crippen molar-refractivity contribution in [3.8, 4) is 17.2 Å². The second-order valence-corrected chi connectivity index (χ2v) is 9.91. The smallest absolute Gasteiger partial charge is 0.202 e. The maximum atomic E-state index is 13.6. The topological polar surface area (TPSA) is 166 Å². The number of aromatic hydroxyl groups is 2. The first kappa shape index (κ1) is 25.3. The van der Waals surface area contributed by atoms with Gasteiger partial charge in [-0.05, 0) is 32.8 Å². The standard InChI is InChI=1S/C27H29NO9/c1-10(29)12-7-14-20(17(8-12)37-18-9-15(28)23(30)11(2)36-18)27(34)22-21(25(14)32)24(31)13-5-4-6-16(35-3)19(13)26(22)33/h4-6,11-12,15,17-18,23,30,32,34H,7-9,28H2,1-3H3/t11?,12?,15?,17-,18?,23?/m0/s1. The van der Waals surface area contributed by atoms with Crippen LogP contribution in [0, 0.1) is 5.92 Å². The highest BCUT2D eigenvalue weighted by atomic mass is 16.7. The summed E-state index contributed by atoms with van der Waals surface area (Å²) in [5.74, 6) is -2.80. The molecule has 2 aromatic rings. The molecule has 2 aliphatic carbocycles. The molecule has 0 saturated carbocycles. The lowest BCUT2D eigenvalue weighted by atomic mass is 9.74. The van der Waals surface area contributed by atoms with Gasteiger partial charge in [-0.1, -0.05) is 12.1 Å². The van der Waals surface area contributed by atoms with Crippen LogP contribution in [-0.4, -0.2) is 64.3 Å². The summed E-state index contributed by atoms with van der Waals surface area (Å²) in [6, 6.07) is 3.94. The number of rotatable bonds is 4. The predicted molar refractivity (Wildman–Crippen MR) is 129 cm³/mol. The van der Waals surface area contributed by atoms with Crippen LogP contribution in [0.1, 0.15) is 75.8 Å². The van der Waals surface area contributed by atoms with E-state index in [-0.39, 0.29) is 64.2 Å². The van der Waals surface area contributed by atoms with Gasteiger partial charge >= 0.3 is 0 Å². The lowest BCUT2D eigenvalue weighted by Crippen LogP contribution is -2.52. The molecular formula is C27H29NO9. The number of fused-ring (bicyclic) bond motifs is 3. The van der Waals surface area contributed by atoms with Crippen LogP contribution in [0.4, 0.5) is 0 Å². The van der Waals surface area contributed by atoms with Crippen LogP contribution in [0.15, 0.2) is 18.2 Å². The highest BCUT2D eigenvalue weighted by Gasteiger charge is 2.44. The van der Waals surface area contributed by atoms with Crippen LogP contribution >= 0.6 is 0 Å². The van der Waals surface area contributed by atoms with E-state index in [4.69, 9.17) is 19.9 Å². The number of phenolic OH excluding ortho intramolecular Hbond substituents is 2. The van der Waals surface area contributed by atoms with Crippen LogP contribution in [0.5, 0.6) is 17.2 Å². The highest BCUT2D eigenvalue weighted by Crippen LogP contribution is 2.51. The number of carbonyl (C=O) groups is 3. The third kappa shape index (κ3) is 3.91. The SMILES string of the molecule is COc1cccc2c1C(=O)c1c(O)c3c(c(O)c1C2=O)CC(C(C)=O)C[C@@H]3OC1CC(N)C(O)C(C)O1. The summed E-state index contributed by atoms with van der Waals surface area (Å²) in [5, 5.41) is 32.9. The summed E-state index contributed by atoms with van der Waals surface area (Å²) in [5.41, 5.74) is 5.75. The minimum atomic E-state index is -0.949. The predicted octanol–water partition coefficient (Wildman–Crippen LogP) is 1.91. The Morgan fingerprint density at radius 3 is 2.43 bits per heavy atom. The number of aliphatic hydroxyl groups excluding tert-OH is 1. The van der Waals surface area contributed by atoms with Crippen LogP contribution in [0.25, 0.3) is 0 Å². The zero-order chi connectivity index (χ0) is 26.8. The third-order valence-corrected chi connectivity index (χ3v) is 7.67. The molecule has 5 rings (SSSR count). The van der Waals surface area contributed by atoms with Gasteiger partial charge in [0.2, 0.25) is 5.78 Å². The van der Waals surface area contributed by atoms with Crippen LogP contribution < -0.4 is 10.5 Å². The van der Waals surface area contributed by atoms with Crippen molar-refractivity contribution in [2.45, 2.75) is 63.8 Å². The molecule has 3 aliphatic rings. The van der Waals surface area contributed by atoms with E-state index in [9.17, 15) is 29.7 Å². The van der Waals surface area contributed by atoms with Crippen molar-refractivity contribution >= 4 is 17.3 Å². The van der Waals surface area contributed by atoms with Gasteiger partial charge in [-0.2, -0.15) is 0 Å². The second kappa shape index (κ2) is 9.21. The molecule has 0 bridgehead atoms. The van der Waals surface area contributed by atoms with Gasteiger partial charge in [0.25, 0.3) is 0 Å². The molecule has 1 saturated heterocycles. The summed E-state index contributed by atoms with van der Waals surface area (Å²) in [6.45, 7) is 3.08. The molecule has 1 aliphatic heterocycles. The van der Waals surface area contributed by atoms with Crippen LogP contribution in [-0.2, 0) is 20.7 Å². The number of Topliss-reactive ketones (excluding diaryl/α,β-unsaturated/α-hetero) is 1. The molecule has 5 unspecified atom stereocenters. The van der Waals surface area contributed by atoms with Crippen molar-refractivity contribution in [3.63, 3.8) is 0 Å². The van der Waals surface area contributed by atoms with Crippen molar-refractivity contribution in [1.29, 1.82) is 0 Å². The number of benzene rings is 2. The fraction of sp³-hybridized carbons (Fsp3) is 0.444. The van der Waals surface area contributed by atoms with Gasteiger partial charge in [-0.25, -0.2) is 0 Å². The fourth-order valence-electron chi connectivity index (χ4n) is 5.67. The number of hydrogen-bond donors (Lipinski definition) is 4. The first-order valence-corrected chi connectivity index (χ1v) is 12.2. The van der Waals surface area contributed by atoms with Gasteiger partial charge in [-0.3, -0.25) is 14.4 Å². The second-order valence-electron chi connectivity index (χ2n) is 9.91. The Morgan fingerprint density at radius 2 is 1.78 bits per heavy atom. The maximum absolute atomic E-state index is 13.6. The van der Waals surface area contributed by atoms with Gasteiger partial charge in [0, 0.05) is 35.1 Å². The molecule has 6 atom stereocenters. The third-order valence-electron chi connectivity index (χ3n) is 7.67. The molecular weight excluding hydrogens is 482 g/mol. The van der Waals surface area contributed by atoms with Gasteiger partial charge in [0.1, 0.15) is 23.0 Å². The van der Waals surface area contributed by atoms with Crippen LogP contribution in [0.2, 0.25) is 0 Å². The molecule has 0 aromatic heterocycles. The van der Waals surface area contributed by atoms with E-state index in [1.54, 1.807) is 13.0 Å². The zero-order valence-electron chi connectivity index (χ0n) is 20.7. The van der Waals surface area contributed by atoms with E-state index >= 15 is 0 Å². The lowest BCUT2D eigenvalue weighted by Gasteiger charge is -2.40. The largest absolute Gasteiger partial charge is 0.507 e. The molecule has 2 aromatic carbocycles. The zero-order valence-corrected chi connectivity index (χ0v) is 20.7. The van der Waals surface area contributed by atoms with Gasteiger partial charge in [0.15, 0.2) is 12.1 Å². The normalized spacial score (nSPS) is 28.8. The molecule has 10 nitrogen and oxygen atoms in total. The Hall–Kier alpha value is -3.31. The number of aliphatic hydroxyl groups is 1. The molecule has 196 valence electrons. The van der Waals surface area contributed by atoms with Gasteiger partial charge < -0.3 is 35.3 Å². The summed E-state index contributed by atoms with van der Waals surface area (Å²) in [7, 11) is 1.37. The average molecular weight is 512 g/mol. The quantitative estimate of drug-likeness (QED) is 0.380. The Balaban J connectivity index is 1.65. The summed E-state index contributed by atoms with van der Waals surface area (Å²) in [6.07, 6.45) is -2.95. The summed E-state index contributed by atoms with van der Waals surface area (Å²) >= 11 is 0. The van der Waals surface area contributed by atoms with Crippen molar-refractivity contribution in [2.75, 3.05) is 7.11 Å². The van der Waals surface area contributed by atoms with Crippen molar-refractivity contribution < 1.29 is 43.9 Å². The van der Waals surface area contributed by atoms with Crippen molar-refractivity contribution in [2.24, 2.45) is 11.7 Å². The summed E-state index contributed by atoms with van der Waals surface area (Å²) < 4.78 is 17.2. The van der Waals surface area contributed by atoms with E-state index < -0.39 is 59.6 Å². The number of hydrogen-bond acceptors (Lipinski definition) is 10. The Bertz CT molecular complexity index is 1310. The average Bonchev–Trinajstić information content (AvgIpc) is 2.86. The number of carbonyl (C=O) groups excluding carboxylic acids is 3. The minimum absolute atomic E-state index is 0.00330. The molecule has 0 amide bonds. The number of phenols is 2. The molecule has 0 spiro atoms. The van der Waals surface area contributed by atoms with E-state index in [0.717, 1.165) is 0 Å².